The number of fused-ring (bicyclic) bond motifs is 3. The maximum absolute atomic E-state index is 13.5. The summed E-state index contributed by atoms with van der Waals surface area (Å²) in [4.78, 5) is 13.5. The summed E-state index contributed by atoms with van der Waals surface area (Å²) in [5.41, 5.74) is 4.76. The maximum Gasteiger partial charge on any atom is 0.162 e. The highest BCUT2D eigenvalue weighted by Crippen LogP contribution is 2.51. The summed E-state index contributed by atoms with van der Waals surface area (Å²) in [6.07, 6.45) is 1.36. The number of carbonyl (C=O) groups excluding carboxylic acids is 1. The molecule has 4 heteroatoms. The van der Waals surface area contributed by atoms with E-state index in [-0.39, 0.29) is 17.1 Å². The minimum atomic E-state index is -0.262. The minimum Gasteiger partial charge on any atom is -0.460 e. The SMILES string of the molecule is CC1(C)CC(=O)C2=C(C1)Nc1ccc3ccccc3c1C2c1ccc(-c2ccccc2Cl)o1. The number of halogens is 1. The second-order valence-electron chi connectivity index (χ2n) is 9.82. The quantitative estimate of drug-likeness (QED) is 0.334. The Morgan fingerprint density at radius 2 is 1.73 bits per heavy atom. The van der Waals surface area contributed by atoms with Crippen LogP contribution >= 0.6 is 11.6 Å². The molecule has 2 heterocycles. The molecule has 3 aromatic carbocycles. The molecule has 0 spiro atoms. The smallest absolute Gasteiger partial charge is 0.162 e. The summed E-state index contributed by atoms with van der Waals surface area (Å²) in [5.74, 6) is 1.40. The van der Waals surface area contributed by atoms with Gasteiger partial charge in [-0.3, -0.25) is 4.79 Å². The van der Waals surface area contributed by atoms with Gasteiger partial charge in [0, 0.05) is 28.9 Å². The number of Topliss-reactive ketones (excluding diaryl/α,β-unsaturated/α-hetero) is 1. The van der Waals surface area contributed by atoms with Crippen molar-refractivity contribution in [2.24, 2.45) is 5.41 Å². The van der Waals surface area contributed by atoms with Crippen LogP contribution < -0.4 is 5.32 Å². The van der Waals surface area contributed by atoms with Gasteiger partial charge in [-0.05, 0) is 58.5 Å². The zero-order chi connectivity index (χ0) is 22.7. The number of carbonyl (C=O) groups is 1. The number of anilines is 1. The summed E-state index contributed by atoms with van der Waals surface area (Å²) in [5, 5.41) is 6.54. The van der Waals surface area contributed by atoms with Crippen molar-refractivity contribution in [2.75, 3.05) is 5.32 Å². The summed E-state index contributed by atoms with van der Waals surface area (Å²) in [6, 6.07) is 24.2. The van der Waals surface area contributed by atoms with Gasteiger partial charge in [0.25, 0.3) is 0 Å². The summed E-state index contributed by atoms with van der Waals surface area (Å²) >= 11 is 6.44. The van der Waals surface area contributed by atoms with Crippen molar-refractivity contribution in [3.8, 4) is 11.3 Å². The number of furan rings is 1. The molecule has 0 saturated carbocycles. The van der Waals surface area contributed by atoms with Crippen LogP contribution in [0, 0.1) is 5.41 Å². The molecular weight excluding hydrogens is 430 g/mol. The van der Waals surface area contributed by atoms with Crippen molar-refractivity contribution in [2.45, 2.75) is 32.6 Å². The molecule has 164 valence electrons. The molecule has 1 aromatic heterocycles. The molecule has 4 aromatic rings. The molecule has 1 aliphatic heterocycles. The van der Waals surface area contributed by atoms with Gasteiger partial charge < -0.3 is 9.73 Å². The van der Waals surface area contributed by atoms with Crippen LogP contribution in [0.2, 0.25) is 5.02 Å². The summed E-state index contributed by atoms with van der Waals surface area (Å²) in [7, 11) is 0. The molecule has 1 aliphatic carbocycles. The monoisotopic (exact) mass is 453 g/mol. The van der Waals surface area contributed by atoms with E-state index < -0.39 is 0 Å². The summed E-state index contributed by atoms with van der Waals surface area (Å²) < 4.78 is 6.45. The second-order valence-corrected chi connectivity index (χ2v) is 10.2. The Morgan fingerprint density at radius 3 is 2.58 bits per heavy atom. The van der Waals surface area contributed by atoms with Crippen molar-refractivity contribution in [1.29, 1.82) is 0 Å². The molecule has 0 bridgehead atoms. The van der Waals surface area contributed by atoms with Gasteiger partial charge in [0.15, 0.2) is 5.78 Å². The van der Waals surface area contributed by atoms with Crippen molar-refractivity contribution in [3.05, 3.63) is 100 Å². The third-order valence-electron chi connectivity index (χ3n) is 6.80. The van der Waals surface area contributed by atoms with Crippen LogP contribution in [0.25, 0.3) is 22.1 Å². The van der Waals surface area contributed by atoms with Crippen LogP contribution in [-0.2, 0) is 4.79 Å². The fraction of sp³-hybridized carbons (Fsp3) is 0.207. The molecule has 0 amide bonds. The Bertz CT molecular complexity index is 1460. The van der Waals surface area contributed by atoms with Crippen molar-refractivity contribution in [3.63, 3.8) is 0 Å². The second kappa shape index (κ2) is 7.36. The first kappa shape index (κ1) is 20.3. The van der Waals surface area contributed by atoms with Gasteiger partial charge >= 0.3 is 0 Å². The van der Waals surface area contributed by atoms with Crippen molar-refractivity contribution in [1.82, 2.24) is 0 Å². The lowest BCUT2D eigenvalue weighted by atomic mass is 9.69. The Labute approximate surface area is 198 Å². The number of benzene rings is 3. The highest BCUT2D eigenvalue weighted by Gasteiger charge is 2.42. The molecule has 0 radical (unpaired) electrons. The number of hydrogen-bond acceptors (Lipinski definition) is 3. The van der Waals surface area contributed by atoms with Crippen LogP contribution in [0.15, 0.2) is 88.5 Å². The third kappa shape index (κ3) is 3.30. The fourth-order valence-corrected chi connectivity index (χ4v) is 5.63. The van der Waals surface area contributed by atoms with Gasteiger partial charge in [-0.25, -0.2) is 0 Å². The maximum atomic E-state index is 13.5. The molecule has 2 aliphatic rings. The van der Waals surface area contributed by atoms with E-state index >= 15 is 0 Å². The van der Waals surface area contributed by atoms with Gasteiger partial charge in [0.2, 0.25) is 0 Å². The molecule has 33 heavy (non-hydrogen) atoms. The highest BCUT2D eigenvalue weighted by molar-refractivity contribution is 6.33. The predicted octanol–water partition coefficient (Wildman–Crippen LogP) is 7.95. The summed E-state index contributed by atoms with van der Waals surface area (Å²) in [6.45, 7) is 4.31. The van der Waals surface area contributed by atoms with E-state index in [4.69, 9.17) is 16.0 Å². The van der Waals surface area contributed by atoms with Crippen LogP contribution in [0.3, 0.4) is 0 Å². The van der Waals surface area contributed by atoms with Gasteiger partial charge in [-0.15, -0.1) is 0 Å². The van der Waals surface area contributed by atoms with Crippen molar-refractivity contribution >= 4 is 33.8 Å². The minimum absolute atomic E-state index is 0.0757. The van der Waals surface area contributed by atoms with Crippen LogP contribution in [0.5, 0.6) is 0 Å². The van der Waals surface area contributed by atoms with Crippen molar-refractivity contribution < 1.29 is 9.21 Å². The first-order chi connectivity index (χ1) is 15.9. The molecule has 0 saturated heterocycles. The van der Waals surface area contributed by atoms with Crippen LogP contribution in [-0.4, -0.2) is 5.78 Å². The number of allylic oxidation sites excluding steroid dienone is 2. The molecule has 1 atom stereocenters. The first-order valence-electron chi connectivity index (χ1n) is 11.3. The third-order valence-corrected chi connectivity index (χ3v) is 7.13. The van der Waals surface area contributed by atoms with E-state index in [1.165, 1.54) is 0 Å². The average Bonchev–Trinajstić information content (AvgIpc) is 3.26. The van der Waals surface area contributed by atoms with Gasteiger partial charge in [-0.1, -0.05) is 67.9 Å². The highest BCUT2D eigenvalue weighted by atomic mass is 35.5. The normalized spacial score (nSPS) is 19.2. The Balaban J connectivity index is 1.59. The Morgan fingerprint density at radius 1 is 0.939 bits per heavy atom. The molecule has 1 unspecified atom stereocenters. The van der Waals surface area contributed by atoms with Gasteiger partial charge in [0.1, 0.15) is 11.5 Å². The fourth-order valence-electron chi connectivity index (χ4n) is 5.40. The molecule has 3 nitrogen and oxygen atoms in total. The van der Waals surface area contributed by atoms with E-state index in [1.54, 1.807) is 0 Å². The van der Waals surface area contributed by atoms with Crippen LogP contribution in [0.1, 0.15) is 43.9 Å². The predicted molar refractivity (Wildman–Crippen MR) is 134 cm³/mol. The van der Waals surface area contributed by atoms with E-state index in [1.807, 2.05) is 48.5 Å². The molecule has 1 N–H and O–H groups in total. The van der Waals surface area contributed by atoms with E-state index in [9.17, 15) is 4.79 Å². The lowest BCUT2D eigenvalue weighted by Gasteiger charge is -2.39. The van der Waals surface area contributed by atoms with Crippen LogP contribution in [0.4, 0.5) is 5.69 Å². The average molecular weight is 454 g/mol. The van der Waals surface area contributed by atoms with Gasteiger partial charge in [0.05, 0.1) is 10.9 Å². The largest absolute Gasteiger partial charge is 0.460 e. The molecular formula is C29H24ClNO2. The van der Waals surface area contributed by atoms with Gasteiger partial charge in [-0.2, -0.15) is 0 Å². The lowest BCUT2D eigenvalue weighted by molar-refractivity contribution is -0.118. The zero-order valence-electron chi connectivity index (χ0n) is 18.6. The van der Waals surface area contributed by atoms with E-state index in [2.05, 4.69) is 43.4 Å². The number of nitrogens with one attached hydrogen (secondary N) is 1. The first-order valence-corrected chi connectivity index (χ1v) is 11.7. The zero-order valence-corrected chi connectivity index (χ0v) is 19.4. The number of ketones is 1. The standard InChI is InChI=1S/C29H24ClNO2/c1-29(2)15-22-27(23(32)16-29)28(25-14-13-24(33-25)19-9-5-6-10-20(19)30)26-18-8-4-3-7-17(18)11-12-21(26)31-22/h3-14,28,31H,15-16H2,1-2H3. The van der Waals surface area contributed by atoms with E-state index in [0.29, 0.717) is 17.2 Å². The lowest BCUT2D eigenvalue weighted by Crippen LogP contribution is -2.33. The molecule has 0 fully saturated rings. The topological polar surface area (TPSA) is 42.2 Å². The number of rotatable bonds is 2. The Kier molecular flexibility index (Phi) is 4.53. The molecule has 6 rings (SSSR count). The number of hydrogen-bond donors (Lipinski definition) is 1. The Hall–Kier alpha value is -3.30. The van der Waals surface area contributed by atoms with E-state index in [0.717, 1.165) is 51.0 Å².